The average Bonchev–Trinajstić information content (AvgIpc) is 1.67. The summed E-state index contributed by atoms with van der Waals surface area (Å²) in [6, 6.07) is 128. The van der Waals surface area contributed by atoms with Gasteiger partial charge in [0.2, 0.25) is 0 Å². The van der Waals surface area contributed by atoms with E-state index in [0.717, 1.165) is 44.6 Å². The van der Waals surface area contributed by atoms with Crippen LogP contribution in [0, 0.1) is 0 Å². The molecule has 89 heavy (non-hydrogen) atoms. The van der Waals surface area contributed by atoms with E-state index in [4.69, 9.17) is 0 Å². The fourth-order valence-corrected chi connectivity index (χ4v) is 23.8. The zero-order chi connectivity index (χ0) is 59.3. The predicted molar refractivity (Wildman–Crippen MR) is 376 cm³/mol. The van der Waals surface area contributed by atoms with Crippen molar-refractivity contribution in [2.75, 3.05) is 0 Å². The van der Waals surface area contributed by atoms with Crippen LogP contribution in [0.15, 0.2) is 352 Å². The first-order valence-electron chi connectivity index (χ1n) is 30.5. The minimum absolute atomic E-state index is 0.00706. The summed E-state index contributed by atoms with van der Waals surface area (Å²) in [5.41, 5.74) is 19.3. The molecule has 0 bridgehead atoms. The maximum atomic E-state index is 14.3. The van der Waals surface area contributed by atoms with Crippen molar-refractivity contribution in [1.82, 2.24) is 9.13 Å². The second-order valence-corrected chi connectivity index (χ2v) is 31.1. The second-order valence-electron chi connectivity index (χ2n) is 23.1. The van der Waals surface area contributed by atoms with Gasteiger partial charge in [0.05, 0.1) is 0 Å². The molecule has 4 heteroatoms. The molecular weight excluding hydrogens is 1140 g/mol. The molecule has 418 valence electrons. The molecule has 14 aromatic carbocycles. The van der Waals surface area contributed by atoms with Gasteiger partial charge in [0.25, 0.3) is 0 Å². The zero-order valence-electron chi connectivity index (χ0n) is 48.8. The standard InChI is InChI=1S/C85H58GeN2O/c89-85(64-32-16-5-17-33-64)74-39-23-22-38-73(74)63-40-46-71(47-41-63)86(69-34-18-6-19-35-69,70-36-20-7-21-37-70)72-48-53-83(87-79-49-42-65(59-24-8-1-9-25-59)54-75(79)76-55-66(43-50-80(76)87)60-26-10-2-11-27-60)84(58-72)88-81-51-44-67(61-28-12-3-13-29-61)56-77(81)78-57-68(45-52-82(78)88)62-30-14-4-15-31-62/h1-58H. The van der Waals surface area contributed by atoms with Gasteiger partial charge in [0, 0.05) is 0 Å². The number of nitrogens with zero attached hydrogens (tertiary/aromatic N) is 2. The van der Waals surface area contributed by atoms with Gasteiger partial charge in [-0.1, -0.05) is 12.1 Å². The molecule has 0 saturated carbocycles. The predicted octanol–water partition coefficient (Wildman–Crippen LogP) is 18.8. The van der Waals surface area contributed by atoms with Crippen LogP contribution in [-0.4, -0.2) is 28.2 Å². The Labute approximate surface area is 520 Å². The van der Waals surface area contributed by atoms with E-state index in [-0.39, 0.29) is 5.78 Å². The molecule has 16 aromatic rings. The molecule has 0 aliphatic heterocycles. The van der Waals surface area contributed by atoms with Crippen molar-refractivity contribution < 1.29 is 4.79 Å². The van der Waals surface area contributed by atoms with Crippen LogP contribution in [0.1, 0.15) is 15.9 Å². The summed E-state index contributed by atoms with van der Waals surface area (Å²) in [7, 11) is 0. The van der Waals surface area contributed by atoms with Gasteiger partial charge in [0.15, 0.2) is 0 Å². The van der Waals surface area contributed by atoms with Crippen LogP contribution < -0.4 is 17.6 Å². The van der Waals surface area contributed by atoms with Crippen LogP contribution in [0.25, 0.3) is 111 Å². The van der Waals surface area contributed by atoms with E-state index >= 15 is 0 Å². The van der Waals surface area contributed by atoms with Crippen LogP contribution >= 0.6 is 0 Å². The summed E-state index contributed by atoms with van der Waals surface area (Å²) in [5.74, 6) is 0.00706. The molecule has 2 heterocycles. The Balaban J connectivity index is 1.01. The summed E-state index contributed by atoms with van der Waals surface area (Å²) >= 11 is -4.14. The van der Waals surface area contributed by atoms with Crippen molar-refractivity contribution in [3.8, 4) is 67.0 Å². The number of benzene rings is 14. The van der Waals surface area contributed by atoms with Crippen molar-refractivity contribution in [3.05, 3.63) is 363 Å². The van der Waals surface area contributed by atoms with Gasteiger partial charge in [-0.3, -0.25) is 0 Å². The van der Waals surface area contributed by atoms with E-state index < -0.39 is 13.3 Å². The molecule has 0 aliphatic rings. The SMILES string of the molecule is O=C(c1ccccc1)c1ccccc1-c1cc[c]([Ge]([c]2ccccc2)([c]2ccccc2)[c]2ccc(-n3c4ccc(-c5ccccc5)cc4c4cc(-c5ccccc5)ccc43)c(-n3c4ccc(-c5ccccc5)cc4c4cc(-c5ccccc5)ccc43)c2)cc1. The fourth-order valence-electron chi connectivity index (χ4n) is 13.9. The Morgan fingerprint density at radius 1 is 0.236 bits per heavy atom. The minimum atomic E-state index is -4.14. The van der Waals surface area contributed by atoms with Gasteiger partial charge in [-0.2, -0.15) is 0 Å². The average molecular weight is 1200 g/mol. The molecule has 3 nitrogen and oxygen atoms in total. The van der Waals surface area contributed by atoms with Crippen molar-refractivity contribution in [1.29, 1.82) is 0 Å². The van der Waals surface area contributed by atoms with E-state index in [1.54, 1.807) is 0 Å². The van der Waals surface area contributed by atoms with Gasteiger partial charge < -0.3 is 0 Å². The third kappa shape index (κ3) is 9.34. The molecule has 0 N–H and O–H groups in total. The van der Waals surface area contributed by atoms with Crippen molar-refractivity contribution >= 4 is 80.2 Å². The molecule has 0 fully saturated rings. The van der Waals surface area contributed by atoms with Gasteiger partial charge in [-0.25, -0.2) is 0 Å². The Kier molecular flexibility index (Phi) is 13.6. The molecule has 0 saturated heterocycles. The van der Waals surface area contributed by atoms with Crippen molar-refractivity contribution in [2.45, 2.75) is 0 Å². The molecule has 2 aromatic heterocycles. The maximum absolute atomic E-state index is 14.3. The Hall–Kier alpha value is -11.1. The van der Waals surface area contributed by atoms with E-state index in [0.29, 0.717) is 11.1 Å². The number of aromatic nitrogens is 2. The molecule has 0 spiro atoms. The molecule has 0 aliphatic carbocycles. The van der Waals surface area contributed by atoms with Gasteiger partial charge in [-0.05, 0) is 0 Å². The number of hydrogen-bond acceptors (Lipinski definition) is 1. The normalized spacial score (nSPS) is 11.6. The third-order valence-corrected chi connectivity index (χ3v) is 28.1. The zero-order valence-corrected chi connectivity index (χ0v) is 50.9. The van der Waals surface area contributed by atoms with Crippen molar-refractivity contribution in [2.24, 2.45) is 0 Å². The van der Waals surface area contributed by atoms with E-state index in [1.165, 1.54) is 83.6 Å². The molecule has 0 atom stereocenters. The summed E-state index contributed by atoms with van der Waals surface area (Å²) < 4.78 is 10.3. The fraction of sp³-hybridized carbons (Fsp3) is 0. The van der Waals surface area contributed by atoms with E-state index in [1.807, 2.05) is 48.5 Å². The summed E-state index contributed by atoms with van der Waals surface area (Å²) in [6.45, 7) is 0. The second kappa shape index (κ2) is 22.6. The Bertz CT molecular complexity index is 5040. The van der Waals surface area contributed by atoms with Gasteiger partial charge in [-0.15, -0.1) is 0 Å². The summed E-state index contributed by atoms with van der Waals surface area (Å²) in [5, 5.41) is 4.73. The molecule has 16 rings (SSSR count). The first kappa shape index (κ1) is 53.4. The summed E-state index contributed by atoms with van der Waals surface area (Å²) in [4.78, 5) is 14.3. The van der Waals surface area contributed by atoms with Crippen LogP contribution in [0.2, 0.25) is 0 Å². The first-order valence-corrected chi connectivity index (χ1v) is 34.7. The van der Waals surface area contributed by atoms with E-state index in [9.17, 15) is 4.79 Å². The quantitative estimate of drug-likeness (QED) is 0.0835. The number of hydrogen-bond donors (Lipinski definition) is 0. The van der Waals surface area contributed by atoms with Gasteiger partial charge in [0.1, 0.15) is 0 Å². The number of ketones is 1. The van der Waals surface area contributed by atoms with Crippen LogP contribution in [0.5, 0.6) is 0 Å². The first-order chi connectivity index (χ1) is 44.1. The monoisotopic (exact) mass is 1200 g/mol. The molecule has 0 radical (unpaired) electrons. The van der Waals surface area contributed by atoms with Crippen molar-refractivity contribution in [3.63, 3.8) is 0 Å². The number of fused-ring (bicyclic) bond motifs is 6. The van der Waals surface area contributed by atoms with E-state index in [2.05, 4.69) is 312 Å². The molecule has 0 amide bonds. The van der Waals surface area contributed by atoms with Gasteiger partial charge >= 0.3 is 512 Å². The Morgan fingerprint density at radius 2 is 0.551 bits per heavy atom. The summed E-state index contributed by atoms with van der Waals surface area (Å²) in [6.07, 6.45) is 0. The molecular formula is C85H58GeN2O. The number of carbonyl (C=O) groups excluding carboxylic acids is 1. The topological polar surface area (TPSA) is 26.9 Å². The third-order valence-electron chi connectivity index (χ3n) is 18.1. The number of carbonyl (C=O) groups is 1. The Morgan fingerprint density at radius 3 is 0.955 bits per heavy atom. The van der Waals surface area contributed by atoms with Crippen LogP contribution in [-0.2, 0) is 0 Å². The van der Waals surface area contributed by atoms with Crippen LogP contribution in [0.3, 0.4) is 0 Å². The van der Waals surface area contributed by atoms with Crippen LogP contribution in [0.4, 0.5) is 0 Å². The number of rotatable bonds is 13. The molecule has 0 unspecified atom stereocenters.